The van der Waals surface area contributed by atoms with Crippen LogP contribution in [0.2, 0.25) is 0 Å². The van der Waals surface area contributed by atoms with Crippen molar-refractivity contribution >= 4 is 42.6 Å². The number of halogens is 1. The number of thiazole rings is 1. The van der Waals surface area contributed by atoms with Crippen molar-refractivity contribution in [2.45, 2.75) is 38.1 Å². The van der Waals surface area contributed by atoms with Crippen molar-refractivity contribution < 1.29 is 17.6 Å². The van der Waals surface area contributed by atoms with E-state index in [0.717, 1.165) is 39.0 Å². The number of nitrogens with zero attached hydrogens (tertiary/aromatic N) is 3. The van der Waals surface area contributed by atoms with Crippen LogP contribution in [0.1, 0.15) is 29.5 Å². The Balaban J connectivity index is 1.46. The summed E-state index contributed by atoms with van der Waals surface area (Å²) < 4.78 is 42.2. The van der Waals surface area contributed by atoms with Crippen molar-refractivity contribution in [1.29, 1.82) is 0 Å². The van der Waals surface area contributed by atoms with Gasteiger partial charge in [-0.05, 0) is 73.7 Å². The van der Waals surface area contributed by atoms with Gasteiger partial charge in [0.1, 0.15) is 5.82 Å². The SMILES string of the molecule is Cc1ccc2sc(N(Cc3ccccc3)C(=O)C3CCCN(S(=O)(=O)c4ccc(F)cc4)C3)nc2c1C. The lowest BCUT2D eigenvalue weighted by molar-refractivity contribution is -0.123. The Morgan fingerprint density at radius 3 is 2.54 bits per heavy atom. The highest BCUT2D eigenvalue weighted by Gasteiger charge is 2.36. The maximum Gasteiger partial charge on any atom is 0.243 e. The molecular formula is C28H28FN3O3S2. The van der Waals surface area contributed by atoms with Gasteiger partial charge in [-0.25, -0.2) is 17.8 Å². The molecule has 0 bridgehead atoms. The van der Waals surface area contributed by atoms with Crippen molar-refractivity contribution in [3.63, 3.8) is 0 Å². The summed E-state index contributed by atoms with van der Waals surface area (Å²) >= 11 is 1.47. The number of carbonyl (C=O) groups excluding carboxylic acids is 1. The summed E-state index contributed by atoms with van der Waals surface area (Å²) in [6.07, 6.45) is 1.15. The fourth-order valence-electron chi connectivity index (χ4n) is 4.67. The Hall–Kier alpha value is -3.14. The van der Waals surface area contributed by atoms with Crippen LogP contribution in [-0.4, -0.2) is 36.7 Å². The normalized spacial score (nSPS) is 16.7. The molecule has 1 amide bonds. The standard InChI is InChI=1S/C28H28FN3O3S2/c1-19-10-15-25-26(20(19)2)30-28(36-25)32(17-21-7-4-3-5-8-21)27(33)22-9-6-16-31(18-22)37(34,35)24-13-11-23(29)12-14-24/h3-5,7-8,10-15,22H,6,9,16-18H2,1-2H3. The van der Waals surface area contributed by atoms with Crippen molar-refractivity contribution in [2.24, 2.45) is 5.92 Å². The predicted octanol–water partition coefficient (Wildman–Crippen LogP) is 5.69. The van der Waals surface area contributed by atoms with E-state index >= 15 is 0 Å². The van der Waals surface area contributed by atoms with Gasteiger partial charge in [0.05, 0.1) is 27.6 Å². The highest BCUT2D eigenvalue weighted by atomic mass is 32.2. The Kier molecular flexibility index (Phi) is 7.11. The van der Waals surface area contributed by atoms with Crippen LogP contribution in [0, 0.1) is 25.6 Å². The molecule has 2 heterocycles. The minimum atomic E-state index is -3.84. The van der Waals surface area contributed by atoms with Crippen LogP contribution in [0.3, 0.4) is 0 Å². The molecule has 0 saturated carbocycles. The molecule has 1 fully saturated rings. The van der Waals surface area contributed by atoms with Crippen LogP contribution < -0.4 is 4.90 Å². The smallest absolute Gasteiger partial charge is 0.243 e. The molecule has 0 aliphatic carbocycles. The highest BCUT2D eigenvalue weighted by Crippen LogP contribution is 2.35. The molecule has 6 nitrogen and oxygen atoms in total. The summed E-state index contributed by atoms with van der Waals surface area (Å²) in [7, 11) is -3.84. The minimum Gasteiger partial charge on any atom is -0.283 e. The highest BCUT2D eigenvalue weighted by molar-refractivity contribution is 7.89. The third-order valence-corrected chi connectivity index (χ3v) is 9.86. The fraction of sp³-hybridized carbons (Fsp3) is 0.286. The van der Waals surface area contributed by atoms with Gasteiger partial charge in [0.2, 0.25) is 15.9 Å². The van der Waals surface area contributed by atoms with Crippen molar-refractivity contribution in [3.8, 4) is 0 Å². The number of carbonyl (C=O) groups is 1. The number of rotatable bonds is 6. The molecule has 192 valence electrons. The molecule has 0 spiro atoms. The molecule has 4 aromatic rings. The average molecular weight is 538 g/mol. The van der Waals surface area contributed by atoms with Crippen LogP contribution in [0.4, 0.5) is 9.52 Å². The van der Waals surface area contributed by atoms with Gasteiger partial charge < -0.3 is 0 Å². The van der Waals surface area contributed by atoms with E-state index in [0.29, 0.717) is 31.1 Å². The number of hydrogen-bond acceptors (Lipinski definition) is 5. The molecule has 0 N–H and O–H groups in total. The van der Waals surface area contributed by atoms with E-state index in [4.69, 9.17) is 4.98 Å². The fourth-order valence-corrected chi connectivity index (χ4v) is 7.23. The van der Waals surface area contributed by atoms with E-state index in [1.165, 1.54) is 27.8 Å². The largest absolute Gasteiger partial charge is 0.283 e. The monoisotopic (exact) mass is 537 g/mol. The van der Waals surface area contributed by atoms with E-state index < -0.39 is 21.8 Å². The minimum absolute atomic E-state index is 0.0279. The summed E-state index contributed by atoms with van der Waals surface area (Å²) in [5.74, 6) is -1.15. The molecular weight excluding hydrogens is 509 g/mol. The van der Waals surface area contributed by atoms with Crippen molar-refractivity contribution in [1.82, 2.24) is 9.29 Å². The number of benzene rings is 3. The zero-order valence-electron chi connectivity index (χ0n) is 20.7. The number of sulfonamides is 1. The van der Waals surface area contributed by atoms with Crippen LogP contribution in [0.25, 0.3) is 10.2 Å². The zero-order chi connectivity index (χ0) is 26.2. The van der Waals surface area contributed by atoms with Crippen LogP contribution >= 0.6 is 11.3 Å². The topological polar surface area (TPSA) is 70.6 Å². The second-order valence-electron chi connectivity index (χ2n) is 9.42. The van der Waals surface area contributed by atoms with Gasteiger partial charge >= 0.3 is 0 Å². The summed E-state index contributed by atoms with van der Waals surface area (Å²) in [5, 5.41) is 0.607. The molecule has 0 radical (unpaired) electrons. The predicted molar refractivity (Wildman–Crippen MR) is 145 cm³/mol. The van der Waals surface area contributed by atoms with Crippen LogP contribution in [-0.2, 0) is 21.4 Å². The van der Waals surface area contributed by atoms with Gasteiger partial charge in [-0.15, -0.1) is 0 Å². The van der Waals surface area contributed by atoms with Gasteiger partial charge in [0.25, 0.3) is 0 Å². The van der Waals surface area contributed by atoms with Gasteiger partial charge in [-0.2, -0.15) is 4.31 Å². The maximum atomic E-state index is 14.0. The van der Waals surface area contributed by atoms with Crippen molar-refractivity contribution in [2.75, 3.05) is 18.0 Å². The number of aromatic nitrogens is 1. The number of fused-ring (bicyclic) bond motifs is 1. The summed E-state index contributed by atoms with van der Waals surface area (Å²) in [4.78, 5) is 20.6. The first-order valence-electron chi connectivity index (χ1n) is 12.2. The molecule has 1 saturated heterocycles. The third kappa shape index (κ3) is 5.16. The number of anilines is 1. The Morgan fingerprint density at radius 1 is 1.08 bits per heavy atom. The van der Waals surface area contributed by atoms with E-state index in [1.807, 2.05) is 50.2 Å². The zero-order valence-corrected chi connectivity index (χ0v) is 22.4. The van der Waals surface area contributed by atoms with Crippen LogP contribution in [0.5, 0.6) is 0 Å². The van der Waals surface area contributed by atoms with Gasteiger partial charge in [-0.3, -0.25) is 9.69 Å². The molecule has 1 aromatic heterocycles. The number of amides is 1. The molecule has 37 heavy (non-hydrogen) atoms. The molecule has 9 heteroatoms. The second-order valence-corrected chi connectivity index (χ2v) is 12.4. The second kappa shape index (κ2) is 10.3. The summed E-state index contributed by atoms with van der Waals surface area (Å²) in [6, 6.07) is 18.6. The third-order valence-electron chi connectivity index (χ3n) is 6.94. The van der Waals surface area contributed by atoms with Crippen LogP contribution in [0.15, 0.2) is 71.6 Å². The van der Waals surface area contributed by atoms with E-state index in [2.05, 4.69) is 6.07 Å². The van der Waals surface area contributed by atoms with E-state index in [1.54, 1.807) is 4.90 Å². The van der Waals surface area contributed by atoms with Gasteiger partial charge in [-0.1, -0.05) is 47.7 Å². The Labute approximate surface area is 220 Å². The maximum absolute atomic E-state index is 14.0. The molecule has 1 aliphatic rings. The lowest BCUT2D eigenvalue weighted by Gasteiger charge is -2.33. The molecule has 1 aliphatic heterocycles. The molecule has 1 unspecified atom stereocenters. The lowest BCUT2D eigenvalue weighted by atomic mass is 9.98. The average Bonchev–Trinajstić information content (AvgIpc) is 3.35. The lowest BCUT2D eigenvalue weighted by Crippen LogP contribution is -2.46. The summed E-state index contributed by atoms with van der Waals surface area (Å²) in [6.45, 7) is 4.82. The number of aryl methyl sites for hydroxylation is 2. The first-order valence-corrected chi connectivity index (χ1v) is 14.5. The van der Waals surface area contributed by atoms with Gasteiger partial charge in [0.15, 0.2) is 5.13 Å². The first-order chi connectivity index (χ1) is 17.7. The Bertz CT molecular complexity index is 1540. The van der Waals surface area contributed by atoms with Crippen molar-refractivity contribution in [3.05, 3.63) is 89.2 Å². The Morgan fingerprint density at radius 2 is 1.81 bits per heavy atom. The van der Waals surface area contributed by atoms with E-state index in [9.17, 15) is 17.6 Å². The van der Waals surface area contributed by atoms with Gasteiger partial charge in [0, 0.05) is 13.1 Å². The van der Waals surface area contributed by atoms with E-state index in [-0.39, 0.29) is 17.3 Å². The first kappa shape index (κ1) is 25.5. The number of piperidine rings is 1. The molecule has 5 rings (SSSR count). The quantitative estimate of drug-likeness (QED) is 0.317. The summed E-state index contributed by atoms with van der Waals surface area (Å²) in [5.41, 5.74) is 4.07. The molecule has 1 atom stereocenters. The number of hydrogen-bond donors (Lipinski definition) is 0. The molecule has 3 aromatic carbocycles.